The van der Waals surface area contributed by atoms with E-state index < -0.39 is 59.6 Å². The average Bonchev–Trinajstić information content (AvgIpc) is 3.40. The third-order valence-corrected chi connectivity index (χ3v) is 8.23. The second-order valence-corrected chi connectivity index (χ2v) is 11.5. The molecule has 2 aromatic carbocycles. The van der Waals surface area contributed by atoms with Crippen LogP contribution in [0.5, 0.6) is 5.75 Å². The molecule has 0 saturated heterocycles. The molecule has 0 aliphatic heterocycles. The number of carbonyl (C=O) groups is 1. The van der Waals surface area contributed by atoms with Crippen molar-refractivity contribution in [2.75, 3.05) is 26.5 Å². The molecule has 1 atom stereocenters. The maximum Gasteiger partial charge on any atom is 0.343 e. The Bertz CT molecular complexity index is 2050. The Kier molecular flexibility index (Phi) is 10.2. The van der Waals surface area contributed by atoms with Gasteiger partial charge in [-0.15, -0.1) is 11.3 Å². The summed E-state index contributed by atoms with van der Waals surface area (Å²) >= 11 is 1.05. The van der Waals surface area contributed by atoms with Crippen molar-refractivity contribution in [2.24, 2.45) is 0 Å². The van der Waals surface area contributed by atoms with Crippen molar-refractivity contribution < 1.29 is 36.3 Å². The molecule has 0 radical (unpaired) electrons. The molecule has 0 bridgehead atoms. The van der Waals surface area contributed by atoms with Crippen LogP contribution in [0.25, 0.3) is 26.5 Å². The molecule has 3 heterocycles. The van der Waals surface area contributed by atoms with Crippen molar-refractivity contribution in [1.82, 2.24) is 24.5 Å². The van der Waals surface area contributed by atoms with Crippen LogP contribution < -0.4 is 26.8 Å². The van der Waals surface area contributed by atoms with Crippen LogP contribution >= 0.6 is 11.3 Å². The number of aromatic nitrogens is 3. The number of nitrogens with zero attached hydrogens (tertiary/aromatic N) is 4. The first kappa shape index (κ1) is 34.2. The molecule has 5 rings (SSSR count). The number of hydrogen-bond donors (Lipinski definition) is 2. The van der Waals surface area contributed by atoms with E-state index in [0.717, 1.165) is 46.4 Å². The van der Waals surface area contributed by atoms with Crippen molar-refractivity contribution in [3.63, 3.8) is 0 Å². The van der Waals surface area contributed by atoms with Gasteiger partial charge in [-0.05, 0) is 61.6 Å². The second kappa shape index (κ2) is 14.3. The second-order valence-electron chi connectivity index (χ2n) is 10.5. The van der Waals surface area contributed by atoms with Crippen LogP contribution in [0.1, 0.15) is 11.1 Å². The number of hydrogen-bond acceptors (Lipinski definition) is 8. The van der Waals surface area contributed by atoms with E-state index in [1.54, 1.807) is 43.3 Å². The SMILES string of the molecule is CONC(=O)Nc1ccc(-c2sc3c(c2CN(C)C)c(=O)n(-c2ccc(OC(F)C(F)F)cn2)c(=O)n3Cc2c(F)cccc2F)cc1. The van der Waals surface area contributed by atoms with Gasteiger partial charge in [-0.25, -0.2) is 42.2 Å². The monoisotopic (exact) mass is 690 g/mol. The number of alkyl halides is 3. The molecule has 0 fully saturated rings. The zero-order valence-corrected chi connectivity index (χ0v) is 26.3. The average molecular weight is 691 g/mol. The summed E-state index contributed by atoms with van der Waals surface area (Å²) < 4.78 is 74.8. The highest BCUT2D eigenvalue weighted by Crippen LogP contribution is 2.38. The van der Waals surface area contributed by atoms with Crippen LogP contribution in [0, 0.1) is 11.6 Å². The van der Waals surface area contributed by atoms with Crippen molar-refractivity contribution in [3.05, 3.63) is 104 Å². The number of pyridine rings is 1. The molecule has 0 saturated carbocycles. The van der Waals surface area contributed by atoms with E-state index in [1.165, 1.54) is 13.2 Å². The fourth-order valence-electron chi connectivity index (χ4n) is 4.86. The minimum absolute atomic E-state index is 0.0605. The van der Waals surface area contributed by atoms with Gasteiger partial charge in [-0.2, -0.15) is 4.39 Å². The highest BCUT2D eigenvalue weighted by atomic mass is 32.1. The Balaban J connectivity index is 1.74. The first-order chi connectivity index (χ1) is 22.9. The first-order valence-electron chi connectivity index (χ1n) is 14.0. The summed E-state index contributed by atoms with van der Waals surface area (Å²) in [6, 6.07) is 11.4. The lowest BCUT2D eigenvalue weighted by atomic mass is 10.1. The van der Waals surface area contributed by atoms with E-state index in [2.05, 4.69) is 25.4 Å². The molecule has 2 amide bonds. The molecule has 0 spiro atoms. The molecule has 5 aromatic rings. The van der Waals surface area contributed by atoms with E-state index in [1.807, 2.05) is 0 Å². The number of fused-ring (bicyclic) bond motifs is 1. The predicted molar refractivity (Wildman–Crippen MR) is 168 cm³/mol. The molecular weight excluding hydrogens is 663 g/mol. The number of rotatable bonds is 11. The number of halogens is 5. The molecule has 2 N–H and O–H groups in total. The summed E-state index contributed by atoms with van der Waals surface area (Å²) in [7, 11) is 4.80. The van der Waals surface area contributed by atoms with E-state index in [4.69, 9.17) is 0 Å². The molecule has 11 nitrogen and oxygen atoms in total. The molecule has 3 aromatic heterocycles. The summed E-state index contributed by atoms with van der Waals surface area (Å²) in [5, 5.41) is 2.64. The number of ether oxygens (including phenoxy) is 1. The van der Waals surface area contributed by atoms with Gasteiger partial charge in [0.2, 0.25) is 0 Å². The van der Waals surface area contributed by atoms with Gasteiger partial charge in [0, 0.05) is 22.7 Å². The Morgan fingerprint density at radius 1 is 1.00 bits per heavy atom. The van der Waals surface area contributed by atoms with Crippen molar-refractivity contribution in [3.8, 4) is 22.0 Å². The lowest BCUT2D eigenvalue weighted by Crippen LogP contribution is -2.39. The van der Waals surface area contributed by atoms with Crippen molar-refractivity contribution in [2.45, 2.75) is 25.9 Å². The number of thiophene rings is 1. The van der Waals surface area contributed by atoms with Crippen LogP contribution in [-0.2, 0) is 17.9 Å². The summed E-state index contributed by atoms with van der Waals surface area (Å²) in [6.45, 7) is -0.412. The zero-order valence-electron chi connectivity index (χ0n) is 25.5. The van der Waals surface area contributed by atoms with E-state index in [-0.39, 0.29) is 22.6 Å². The van der Waals surface area contributed by atoms with Gasteiger partial charge < -0.3 is 15.0 Å². The number of anilines is 1. The van der Waals surface area contributed by atoms with Gasteiger partial charge in [-0.1, -0.05) is 18.2 Å². The summed E-state index contributed by atoms with van der Waals surface area (Å²) in [5.74, 6) is -2.50. The Morgan fingerprint density at radius 3 is 2.27 bits per heavy atom. The summed E-state index contributed by atoms with van der Waals surface area (Å²) in [5.41, 5.74) is 1.39. The minimum Gasteiger partial charge on any atom is -0.453 e. The molecule has 0 aliphatic rings. The number of urea groups is 1. The molecular formula is C31H27F5N6O5S. The number of hydroxylamine groups is 1. The van der Waals surface area contributed by atoms with Crippen LogP contribution in [0.3, 0.4) is 0 Å². The largest absolute Gasteiger partial charge is 0.453 e. The molecule has 1 unspecified atom stereocenters. The number of benzene rings is 2. The highest BCUT2D eigenvalue weighted by molar-refractivity contribution is 7.22. The molecule has 0 aliphatic carbocycles. The van der Waals surface area contributed by atoms with E-state index >= 15 is 0 Å². The summed E-state index contributed by atoms with van der Waals surface area (Å²) in [4.78, 5) is 51.2. The first-order valence-corrected chi connectivity index (χ1v) is 14.9. The van der Waals surface area contributed by atoms with Crippen LogP contribution in [0.2, 0.25) is 0 Å². The fraction of sp³-hybridized carbons (Fsp3) is 0.226. The smallest absolute Gasteiger partial charge is 0.343 e. The molecule has 17 heteroatoms. The Morgan fingerprint density at radius 2 is 1.69 bits per heavy atom. The van der Waals surface area contributed by atoms with Gasteiger partial charge in [0.25, 0.3) is 11.9 Å². The van der Waals surface area contributed by atoms with Gasteiger partial charge >= 0.3 is 18.1 Å². The maximum atomic E-state index is 14.9. The van der Waals surface area contributed by atoms with Gasteiger partial charge in [-0.3, -0.25) is 14.2 Å². The third kappa shape index (κ3) is 7.07. The quantitative estimate of drug-likeness (QED) is 0.143. The van der Waals surface area contributed by atoms with Crippen LogP contribution in [-0.4, -0.2) is 59.0 Å². The van der Waals surface area contributed by atoms with Crippen molar-refractivity contribution in [1.29, 1.82) is 0 Å². The van der Waals surface area contributed by atoms with Crippen LogP contribution in [0.15, 0.2) is 70.4 Å². The topological polar surface area (TPSA) is 120 Å². The van der Waals surface area contributed by atoms with E-state index in [9.17, 15) is 36.3 Å². The zero-order chi connectivity index (χ0) is 34.7. The van der Waals surface area contributed by atoms with E-state index in [0.29, 0.717) is 26.3 Å². The molecule has 48 heavy (non-hydrogen) atoms. The van der Waals surface area contributed by atoms with Crippen molar-refractivity contribution >= 4 is 33.3 Å². The number of nitrogens with one attached hydrogen (secondary N) is 2. The minimum atomic E-state index is -3.42. The highest BCUT2D eigenvalue weighted by Gasteiger charge is 2.26. The Hall–Kier alpha value is -5.13. The Labute approximate surface area is 272 Å². The lowest BCUT2D eigenvalue weighted by Gasteiger charge is -2.15. The standard InChI is InChI=1S/C31H27F5N6O5S/c1-40(2)14-20-24-28(43)42(23-12-11-18(13-37-23)47-27(36)26(34)35)31(45)41(15-19-21(32)5-4-6-22(19)33)29(24)48-25(20)16-7-9-17(10-8-16)38-30(44)39-46-3/h4-13,26-27H,14-15H2,1-3H3,(H2,38,39,44). The number of amides is 2. The lowest BCUT2D eigenvalue weighted by molar-refractivity contribution is -0.0670. The maximum absolute atomic E-state index is 14.9. The molecule has 252 valence electrons. The van der Waals surface area contributed by atoms with Gasteiger partial charge in [0.05, 0.1) is 25.2 Å². The van der Waals surface area contributed by atoms with Crippen LogP contribution in [0.4, 0.5) is 32.4 Å². The fourth-order valence-corrected chi connectivity index (χ4v) is 6.16. The predicted octanol–water partition coefficient (Wildman–Crippen LogP) is 5.29. The van der Waals surface area contributed by atoms with Gasteiger partial charge in [0.15, 0.2) is 0 Å². The normalized spacial score (nSPS) is 12.1. The van der Waals surface area contributed by atoms with Gasteiger partial charge in [0.1, 0.15) is 28.0 Å². The summed E-state index contributed by atoms with van der Waals surface area (Å²) in [6.07, 6.45) is -5.50. The number of carbonyl (C=O) groups excluding carboxylic acids is 1. The third-order valence-electron chi connectivity index (χ3n) is 6.92.